The number of benzene rings is 1. The van der Waals surface area contributed by atoms with Crippen LogP contribution in [0.1, 0.15) is 12.0 Å². The molecular formula is C15H18F2N2O2. The number of carboxylic acid groups (broad SMARTS) is 1. The lowest BCUT2D eigenvalue weighted by molar-refractivity contribution is -0.131. The molecule has 114 valence electrons. The van der Waals surface area contributed by atoms with Gasteiger partial charge in [0, 0.05) is 25.2 Å². The highest BCUT2D eigenvalue weighted by molar-refractivity contribution is 5.85. The summed E-state index contributed by atoms with van der Waals surface area (Å²) < 4.78 is 28.3. The summed E-state index contributed by atoms with van der Waals surface area (Å²) in [5.74, 6) is -2.49. The number of rotatable bonds is 4. The van der Waals surface area contributed by atoms with Crippen LogP contribution in [0.25, 0.3) is 6.08 Å². The van der Waals surface area contributed by atoms with Crippen LogP contribution in [0.4, 0.5) is 14.5 Å². The smallest absolute Gasteiger partial charge is 0.328 e. The van der Waals surface area contributed by atoms with Gasteiger partial charge in [0.05, 0.1) is 0 Å². The molecule has 2 rings (SSSR count). The topological polar surface area (TPSA) is 43.8 Å². The van der Waals surface area contributed by atoms with Gasteiger partial charge in [-0.2, -0.15) is 0 Å². The molecule has 0 aliphatic carbocycles. The van der Waals surface area contributed by atoms with E-state index in [9.17, 15) is 13.6 Å². The third kappa shape index (κ3) is 3.58. The lowest BCUT2D eigenvalue weighted by Gasteiger charge is -2.22. The quantitative estimate of drug-likeness (QED) is 0.865. The number of carboxylic acids is 1. The maximum Gasteiger partial charge on any atom is 0.328 e. The number of carbonyl (C=O) groups is 1. The highest BCUT2D eigenvalue weighted by Crippen LogP contribution is 2.29. The van der Waals surface area contributed by atoms with Crippen molar-refractivity contribution in [2.24, 2.45) is 0 Å². The molecule has 1 unspecified atom stereocenters. The van der Waals surface area contributed by atoms with Gasteiger partial charge in [-0.05, 0) is 44.3 Å². The van der Waals surface area contributed by atoms with Crippen LogP contribution in [0.5, 0.6) is 0 Å². The molecule has 1 saturated heterocycles. The average molecular weight is 296 g/mol. The molecule has 0 spiro atoms. The Morgan fingerprint density at radius 1 is 1.38 bits per heavy atom. The summed E-state index contributed by atoms with van der Waals surface area (Å²) in [5.41, 5.74) is 0.159. The lowest BCUT2D eigenvalue weighted by atomic mass is 10.1. The number of likely N-dealkylation sites (N-methyl/N-ethyl adjacent to an activating group) is 1. The summed E-state index contributed by atoms with van der Waals surface area (Å²) in [5, 5.41) is 8.53. The van der Waals surface area contributed by atoms with E-state index in [1.54, 1.807) is 4.90 Å². The van der Waals surface area contributed by atoms with Gasteiger partial charge in [0.25, 0.3) is 0 Å². The zero-order valence-electron chi connectivity index (χ0n) is 12.0. The second kappa shape index (κ2) is 6.22. The third-order valence-corrected chi connectivity index (χ3v) is 3.67. The summed E-state index contributed by atoms with van der Waals surface area (Å²) in [6.45, 7) is 1.17. The fourth-order valence-electron chi connectivity index (χ4n) is 2.52. The zero-order valence-corrected chi connectivity index (χ0v) is 12.0. The van der Waals surface area contributed by atoms with E-state index in [4.69, 9.17) is 5.11 Å². The Hall–Kier alpha value is -1.95. The van der Waals surface area contributed by atoms with Gasteiger partial charge in [-0.3, -0.25) is 0 Å². The van der Waals surface area contributed by atoms with E-state index in [1.165, 1.54) is 6.08 Å². The maximum absolute atomic E-state index is 14.1. The number of halogens is 2. The van der Waals surface area contributed by atoms with Crippen LogP contribution in [0, 0.1) is 11.6 Å². The van der Waals surface area contributed by atoms with Gasteiger partial charge in [0.2, 0.25) is 0 Å². The van der Waals surface area contributed by atoms with Crippen molar-refractivity contribution < 1.29 is 18.7 Å². The Labute approximate surface area is 122 Å². The Kier molecular flexibility index (Phi) is 4.57. The molecule has 0 bridgehead atoms. The van der Waals surface area contributed by atoms with Crippen molar-refractivity contribution in [2.45, 2.75) is 12.5 Å². The molecule has 0 aromatic heterocycles. The zero-order chi connectivity index (χ0) is 15.6. The van der Waals surface area contributed by atoms with Gasteiger partial charge in [-0.25, -0.2) is 13.6 Å². The first-order valence-corrected chi connectivity index (χ1v) is 6.70. The molecule has 1 aliphatic rings. The summed E-state index contributed by atoms with van der Waals surface area (Å²) >= 11 is 0. The molecule has 1 atom stereocenters. The molecule has 0 saturated carbocycles. The predicted molar refractivity (Wildman–Crippen MR) is 77.3 cm³/mol. The van der Waals surface area contributed by atoms with Crippen LogP contribution < -0.4 is 4.90 Å². The van der Waals surface area contributed by atoms with E-state index in [0.29, 0.717) is 13.1 Å². The SMILES string of the molecule is CN(C)C1CCN(c2c(F)cc(C=CC(=O)O)cc2F)C1. The van der Waals surface area contributed by atoms with Crippen LogP contribution in [0.3, 0.4) is 0 Å². The number of hydrogen-bond acceptors (Lipinski definition) is 3. The van der Waals surface area contributed by atoms with Crippen molar-refractivity contribution in [1.29, 1.82) is 0 Å². The fourth-order valence-corrected chi connectivity index (χ4v) is 2.52. The number of anilines is 1. The molecule has 1 N–H and O–H groups in total. The number of hydrogen-bond donors (Lipinski definition) is 1. The Balaban J connectivity index is 2.24. The molecule has 0 amide bonds. The molecule has 0 radical (unpaired) electrons. The Bertz CT molecular complexity index is 550. The van der Waals surface area contributed by atoms with Crippen molar-refractivity contribution in [3.05, 3.63) is 35.4 Å². The monoisotopic (exact) mass is 296 g/mol. The summed E-state index contributed by atoms with van der Waals surface area (Å²) in [6.07, 6.45) is 2.88. The minimum Gasteiger partial charge on any atom is -0.478 e. The summed E-state index contributed by atoms with van der Waals surface area (Å²) in [4.78, 5) is 14.2. The van der Waals surface area contributed by atoms with E-state index in [2.05, 4.69) is 0 Å². The van der Waals surface area contributed by atoms with E-state index >= 15 is 0 Å². The number of nitrogens with zero attached hydrogens (tertiary/aromatic N) is 2. The minimum absolute atomic E-state index is 0.0353. The molecule has 1 fully saturated rings. The van der Waals surface area contributed by atoms with Crippen molar-refractivity contribution >= 4 is 17.7 Å². The van der Waals surface area contributed by atoms with Gasteiger partial charge in [0.1, 0.15) is 17.3 Å². The third-order valence-electron chi connectivity index (χ3n) is 3.67. The summed E-state index contributed by atoms with van der Waals surface area (Å²) in [7, 11) is 3.89. The van der Waals surface area contributed by atoms with Gasteiger partial charge in [0.15, 0.2) is 0 Å². The Morgan fingerprint density at radius 3 is 2.48 bits per heavy atom. The predicted octanol–water partition coefficient (Wildman–Crippen LogP) is 2.20. The molecule has 1 aromatic rings. The first-order chi connectivity index (χ1) is 9.88. The maximum atomic E-state index is 14.1. The van der Waals surface area contributed by atoms with Gasteiger partial charge >= 0.3 is 5.97 Å². The first kappa shape index (κ1) is 15.4. The van der Waals surface area contributed by atoms with Crippen molar-refractivity contribution in [2.75, 3.05) is 32.1 Å². The van der Waals surface area contributed by atoms with Crippen LogP contribution in [0.15, 0.2) is 18.2 Å². The van der Waals surface area contributed by atoms with E-state index in [0.717, 1.165) is 24.6 Å². The fraction of sp³-hybridized carbons (Fsp3) is 0.400. The second-order valence-electron chi connectivity index (χ2n) is 5.36. The lowest BCUT2D eigenvalue weighted by Crippen LogP contribution is -2.32. The second-order valence-corrected chi connectivity index (χ2v) is 5.36. The van der Waals surface area contributed by atoms with E-state index in [1.807, 2.05) is 19.0 Å². The first-order valence-electron chi connectivity index (χ1n) is 6.70. The van der Waals surface area contributed by atoms with Crippen molar-refractivity contribution in [1.82, 2.24) is 4.90 Å². The molecule has 1 heterocycles. The van der Waals surface area contributed by atoms with Crippen LogP contribution in [-0.4, -0.2) is 49.2 Å². The number of aliphatic carboxylic acids is 1. The largest absolute Gasteiger partial charge is 0.478 e. The standard InChI is InChI=1S/C15H18F2N2O2/c1-18(2)11-5-6-19(9-11)15-12(16)7-10(8-13(15)17)3-4-14(20)21/h3-4,7-8,11H,5-6,9H2,1-2H3,(H,20,21). The minimum atomic E-state index is -1.16. The summed E-state index contributed by atoms with van der Waals surface area (Å²) in [6, 6.07) is 2.58. The van der Waals surface area contributed by atoms with Gasteiger partial charge in [-0.15, -0.1) is 0 Å². The molecule has 4 nitrogen and oxygen atoms in total. The van der Waals surface area contributed by atoms with Gasteiger partial charge in [-0.1, -0.05) is 0 Å². The molecule has 6 heteroatoms. The Morgan fingerprint density at radius 2 is 2.00 bits per heavy atom. The van der Waals surface area contributed by atoms with Crippen LogP contribution >= 0.6 is 0 Å². The van der Waals surface area contributed by atoms with Crippen LogP contribution in [-0.2, 0) is 4.79 Å². The molecule has 21 heavy (non-hydrogen) atoms. The molecule has 1 aromatic carbocycles. The average Bonchev–Trinajstić information content (AvgIpc) is 2.85. The van der Waals surface area contributed by atoms with Gasteiger partial charge < -0.3 is 14.9 Å². The van der Waals surface area contributed by atoms with Crippen molar-refractivity contribution in [3.8, 4) is 0 Å². The highest BCUT2D eigenvalue weighted by atomic mass is 19.1. The molecule has 1 aliphatic heterocycles. The van der Waals surface area contributed by atoms with E-state index < -0.39 is 17.6 Å². The van der Waals surface area contributed by atoms with Crippen molar-refractivity contribution in [3.63, 3.8) is 0 Å². The highest BCUT2D eigenvalue weighted by Gasteiger charge is 2.28. The molecular weight excluding hydrogens is 278 g/mol. The van der Waals surface area contributed by atoms with Crippen LogP contribution in [0.2, 0.25) is 0 Å². The normalized spacial score (nSPS) is 18.9. The van der Waals surface area contributed by atoms with E-state index in [-0.39, 0.29) is 17.3 Å².